The third-order valence-electron chi connectivity index (χ3n) is 2.67. The second kappa shape index (κ2) is 3.50. The second-order valence-corrected chi connectivity index (χ2v) is 3.99. The second-order valence-electron chi connectivity index (χ2n) is 3.99. The summed E-state index contributed by atoms with van der Waals surface area (Å²) in [4.78, 5) is 0. The highest BCUT2D eigenvalue weighted by Crippen LogP contribution is 2.39. The van der Waals surface area contributed by atoms with E-state index in [0.717, 1.165) is 12.3 Å². The first-order valence-corrected chi connectivity index (χ1v) is 5.01. The van der Waals surface area contributed by atoms with Crippen LogP contribution in [0.3, 0.4) is 0 Å². The van der Waals surface area contributed by atoms with E-state index in [2.05, 4.69) is 28.5 Å². The fourth-order valence-electron chi connectivity index (χ4n) is 1.50. The van der Waals surface area contributed by atoms with Crippen LogP contribution in [0.4, 0.5) is 0 Å². The van der Waals surface area contributed by atoms with Crippen LogP contribution < -0.4 is 5.32 Å². The van der Waals surface area contributed by atoms with Crippen molar-refractivity contribution in [3.63, 3.8) is 0 Å². The predicted octanol–water partition coefficient (Wildman–Crippen LogP) is 1.44. The average molecular weight is 179 g/mol. The molecule has 1 heterocycles. The van der Waals surface area contributed by atoms with E-state index in [0.29, 0.717) is 6.04 Å². The molecule has 2 N–H and O–H groups in total. The van der Waals surface area contributed by atoms with E-state index < -0.39 is 0 Å². The maximum absolute atomic E-state index is 4.31. The van der Waals surface area contributed by atoms with Crippen molar-refractivity contribution in [2.45, 2.75) is 38.1 Å². The summed E-state index contributed by atoms with van der Waals surface area (Å²) in [5.41, 5.74) is 2.52. The number of hydrogen-bond acceptors (Lipinski definition) is 2. The van der Waals surface area contributed by atoms with Gasteiger partial charge in [-0.15, -0.1) is 0 Å². The molecule has 1 aromatic heterocycles. The summed E-state index contributed by atoms with van der Waals surface area (Å²) in [6.45, 7) is 2.18. The van der Waals surface area contributed by atoms with Gasteiger partial charge in [0.25, 0.3) is 0 Å². The van der Waals surface area contributed by atoms with Crippen LogP contribution in [-0.2, 0) is 6.42 Å². The molecule has 1 fully saturated rings. The standard InChI is InChI=1S/C10H17N3/c1-7(11-2)5-9-6-10(13-12-9)8-3-4-8/h6-8,11H,3-5H2,1-2H3,(H,12,13). The number of H-pyrrole nitrogens is 1. The first kappa shape index (κ1) is 8.75. The molecule has 0 aromatic carbocycles. The van der Waals surface area contributed by atoms with Crippen LogP contribution in [0.5, 0.6) is 0 Å². The zero-order valence-corrected chi connectivity index (χ0v) is 8.30. The van der Waals surface area contributed by atoms with Crippen LogP contribution in [0.1, 0.15) is 37.1 Å². The summed E-state index contributed by atoms with van der Waals surface area (Å²) in [6.07, 6.45) is 3.69. The van der Waals surface area contributed by atoms with E-state index in [1.54, 1.807) is 0 Å². The molecule has 0 aliphatic heterocycles. The highest BCUT2D eigenvalue weighted by molar-refractivity contribution is 5.17. The number of aromatic amines is 1. The highest BCUT2D eigenvalue weighted by Gasteiger charge is 2.26. The molecule has 0 radical (unpaired) electrons. The summed E-state index contributed by atoms with van der Waals surface area (Å²) >= 11 is 0. The Kier molecular flexibility index (Phi) is 2.36. The van der Waals surface area contributed by atoms with Gasteiger partial charge in [-0.1, -0.05) is 0 Å². The van der Waals surface area contributed by atoms with Crippen LogP contribution in [0.2, 0.25) is 0 Å². The van der Waals surface area contributed by atoms with E-state index in [9.17, 15) is 0 Å². The van der Waals surface area contributed by atoms with Crippen LogP contribution in [0.15, 0.2) is 6.07 Å². The summed E-state index contributed by atoms with van der Waals surface area (Å²) in [5.74, 6) is 0.759. The molecule has 0 spiro atoms. The molecule has 0 amide bonds. The van der Waals surface area contributed by atoms with Crippen molar-refractivity contribution in [3.8, 4) is 0 Å². The summed E-state index contributed by atoms with van der Waals surface area (Å²) in [5, 5.41) is 10.6. The molecule has 1 saturated carbocycles. The van der Waals surface area contributed by atoms with Gasteiger partial charge in [-0.05, 0) is 32.9 Å². The lowest BCUT2D eigenvalue weighted by atomic mass is 10.1. The van der Waals surface area contributed by atoms with Gasteiger partial charge in [0.05, 0.1) is 5.69 Å². The molecule has 3 heteroatoms. The first-order valence-electron chi connectivity index (χ1n) is 5.01. The monoisotopic (exact) mass is 179 g/mol. The Bertz CT molecular complexity index is 275. The quantitative estimate of drug-likeness (QED) is 0.734. The molecule has 1 aliphatic carbocycles. The van der Waals surface area contributed by atoms with E-state index in [1.165, 1.54) is 24.2 Å². The van der Waals surface area contributed by atoms with Crippen molar-refractivity contribution >= 4 is 0 Å². The SMILES string of the molecule is CNC(C)Cc1cc(C2CC2)n[nH]1. The smallest absolute Gasteiger partial charge is 0.0655 e. The predicted molar refractivity (Wildman–Crippen MR) is 52.8 cm³/mol. The van der Waals surface area contributed by atoms with Crippen molar-refractivity contribution in [1.29, 1.82) is 0 Å². The number of rotatable bonds is 4. The van der Waals surface area contributed by atoms with Gasteiger partial charge < -0.3 is 5.32 Å². The first-order chi connectivity index (χ1) is 6.29. The van der Waals surface area contributed by atoms with E-state index in [1.807, 2.05) is 7.05 Å². The number of hydrogen-bond donors (Lipinski definition) is 2. The van der Waals surface area contributed by atoms with Gasteiger partial charge in [0.2, 0.25) is 0 Å². The lowest BCUT2D eigenvalue weighted by Crippen LogP contribution is -2.23. The maximum atomic E-state index is 4.31. The topological polar surface area (TPSA) is 40.7 Å². The fourth-order valence-corrected chi connectivity index (χ4v) is 1.50. The molecule has 1 aliphatic rings. The minimum Gasteiger partial charge on any atom is -0.317 e. The molecule has 0 bridgehead atoms. The lowest BCUT2D eigenvalue weighted by Gasteiger charge is -2.06. The lowest BCUT2D eigenvalue weighted by molar-refractivity contribution is 0.600. The Labute approximate surface area is 78.9 Å². The third-order valence-corrected chi connectivity index (χ3v) is 2.67. The zero-order chi connectivity index (χ0) is 9.26. The van der Waals surface area contributed by atoms with E-state index in [-0.39, 0.29) is 0 Å². The largest absolute Gasteiger partial charge is 0.317 e. The molecular formula is C10H17N3. The van der Waals surface area contributed by atoms with Crippen molar-refractivity contribution in [1.82, 2.24) is 15.5 Å². The third kappa shape index (κ3) is 2.10. The van der Waals surface area contributed by atoms with Crippen LogP contribution in [0, 0.1) is 0 Å². The molecule has 2 rings (SSSR count). The molecule has 1 atom stereocenters. The molecule has 0 saturated heterocycles. The Morgan fingerprint density at radius 2 is 2.46 bits per heavy atom. The number of nitrogens with zero attached hydrogens (tertiary/aromatic N) is 1. The van der Waals surface area contributed by atoms with Crippen molar-refractivity contribution < 1.29 is 0 Å². The summed E-state index contributed by atoms with van der Waals surface area (Å²) < 4.78 is 0. The average Bonchev–Trinajstić information content (AvgIpc) is 2.88. The number of likely N-dealkylation sites (N-methyl/N-ethyl adjacent to an activating group) is 1. The maximum Gasteiger partial charge on any atom is 0.0655 e. The fraction of sp³-hybridized carbons (Fsp3) is 0.700. The zero-order valence-electron chi connectivity index (χ0n) is 8.30. The minimum atomic E-state index is 0.521. The normalized spacial score (nSPS) is 18.9. The van der Waals surface area contributed by atoms with Crippen molar-refractivity contribution in [3.05, 3.63) is 17.5 Å². The molecule has 72 valence electrons. The van der Waals surface area contributed by atoms with Crippen LogP contribution >= 0.6 is 0 Å². The van der Waals surface area contributed by atoms with E-state index >= 15 is 0 Å². The van der Waals surface area contributed by atoms with Gasteiger partial charge in [0.15, 0.2) is 0 Å². The highest BCUT2D eigenvalue weighted by atomic mass is 15.1. The van der Waals surface area contributed by atoms with Crippen molar-refractivity contribution in [2.24, 2.45) is 0 Å². The molecule has 13 heavy (non-hydrogen) atoms. The molecule has 1 aromatic rings. The van der Waals surface area contributed by atoms with Gasteiger partial charge >= 0.3 is 0 Å². The molecule has 1 unspecified atom stereocenters. The van der Waals surface area contributed by atoms with Gasteiger partial charge in [-0.3, -0.25) is 5.10 Å². The molecular weight excluding hydrogens is 162 g/mol. The number of aromatic nitrogens is 2. The Morgan fingerprint density at radius 1 is 1.69 bits per heavy atom. The summed E-state index contributed by atoms with van der Waals surface area (Å²) in [7, 11) is 1.99. The number of nitrogens with one attached hydrogen (secondary N) is 2. The van der Waals surface area contributed by atoms with Crippen LogP contribution in [0.25, 0.3) is 0 Å². The Hall–Kier alpha value is -0.830. The van der Waals surface area contributed by atoms with Crippen LogP contribution in [-0.4, -0.2) is 23.3 Å². The molecule has 3 nitrogen and oxygen atoms in total. The summed E-state index contributed by atoms with van der Waals surface area (Å²) in [6, 6.07) is 2.73. The van der Waals surface area contributed by atoms with Gasteiger partial charge in [0, 0.05) is 24.1 Å². The Morgan fingerprint density at radius 3 is 3.08 bits per heavy atom. The van der Waals surface area contributed by atoms with Gasteiger partial charge in [0.1, 0.15) is 0 Å². The Balaban J connectivity index is 1.96. The van der Waals surface area contributed by atoms with Gasteiger partial charge in [-0.25, -0.2) is 0 Å². The van der Waals surface area contributed by atoms with Crippen molar-refractivity contribution in [2.75, 3.05) is 7.05 Å². The van der Waals surface area contributed by atoms with E-state index in [4.69, 9.17) is 0 Å². The van der Waals surface area contributed by atoms with Gasteiger partial charge in [-0.2, -0.15) is 5.10 Å². The minimum absolute atomic E-state index is 0.521.